The molecule has 194 valence electrons. The number of nitrogens with one attached hydrogen (secondary N) is 2. The number of rotatable bonds is 10. The van der Waals surface area contributed by atoms with Gasteiger partial charge >= 0.3 is 12.0 Å². The number of nitro benzene ring substituents is 1. The van der Waals surface area contributed by atoms with Crippen molar-refractivity contribution in [2.45, 2.75) is 44.6 Å². The largest absolute Gasteiger partial charge is 0.573 e. The second-order valence-electron chi connectivity index (χ2n) is 8.95. The number of piperidine rings is 1. The average Bonchev–Trinajstić information content (AvgIpc) is 3.37. The first-order valence-electron chi connectivity index (χ1n) is 11.9. The Bertz CT molecular complexity index is 1050. The van der Waals surface area contributed by atoms with Crippen LogP contribution in [0.1, 0.15) is 31.2 Å². The molecule has 2 aliphatic heterocycles. The Hall–Kier alpha value is -3.63. The molecule has 2 aromatic carbocycles. The zero-order valence-corrected chi connectivity index (χ0v) is 19.7. The van der Waals surface area contributed by atoms with Crippen LogP contribution in [0.5, 0.6) is 11.5 Å². The van der Waals surface area contributed by atoms with Gasteiger partial charge in [0.25, 0.3) is 0 Å². The van der Waals surface area contributed by atoms with E-state index in [0.29, 0.717) is 5.92 Å². The highest BCUT2D eigenvalue weighted by Gasteiger charge is 2.31. The van der Waals surface area contributed by atoms with Gasteiger partial charge in [0, 0.05) is 37.2 Å². The maximum absolute atomic E-state index is 12.3. The van der Waals surface area contributed by atoms with Gasteiger partial charge in [-0.15, -0.1) is 13.2 Å². The van der Waals surface area contributed by atoms with E-state index in [4.69, 9.17) is 4.74 Å². The molecule has 1 fully saturated rings. The first-order chi connectivity index (χ1) is 17.3. The van der Waals surface area contributed by atoms with Gasteiger partial charge in [-0.3, -0.25) is 10.1 Å². The third kappa shape index (κ3) is 7.19. The number of nitrogens with zero attached hydrogens (tertiary/aromatic N) is 2. The van der Waals surface area contributed by atoms with E-state index in [0.717, 1.165) is 56.4 Å². The average molecular weight is 507 g/mol. The minimum atomic E-state index is -4.68. The van der Waals surface area contributed by atoms with Crippen molar-refractivity contribution in [1.82, 2.24) is 10.6 Å². The maximum Gasteiger partial charge on any atom is 0.573 e. The van der Waals surface area contributed by atoms with E-state index in [1.54, 1.807) is 36.7 Å². The normalized spacial score (nSPS) is 16.5. The molecule has 2 aliphatic rings. The van der Waals surface area contributed by atoms with Crippen molar-refractivity contribution in [3.8, 4) is 11.5 Å². The molecule has 8 nitrogen and oxygen atoms in total. The van der Waals surface area contributed by atoms with Crippen LogP contribution in [0.15, 0.2) is 54.9 Å². The van der Waals surface area contributed by atoms with Gasteiger partial charge in [-0.2, -0.15) is 0 Å². The topological polar surface area (TPSA) is 88.9 Å². The second kappa shape index (κ2) is 11.4. The first kappa shape index (κ1) is 25.5. The number of benzene rings is 2. The number of anilines is 1. The highest BCUT2D eigenvalue weighted by molar-refractivity contribution is 5.60. The summed E-state index contributed by atoms with van der Waals surface area (Å²) in [6.07, 6.45) is 3.44. The van der Waals surface area contributed by atoms with E-state index >= 15 is 0 Å². The van der Waals surface area contributed by atoms with E-state index in [1.807, 2.05) is 6.07 Å². The van der Waals surface area contributed by atoms with Gasteiger partial charge in [0.15, 0.2) is 5.75 Å². The minimum Gasteiger partial charge on any atom is -0.483 e. The Morgan fingerprint density at radius 3 is 2.39 bits per heavy atom. The summed E-state index contributed by atoms with van der Waals surface area (Å²) in [6, 6.07) is 11.1. The SMILES string of the molecule is O=[N+]([O-])c1cc(N2CCC(CCCc3ccc(OC(F)(F)F)cc3)CC2)ccc1OCC1NC=CN1. The van der Waals surface area contributed by atoms with E-state index < -0.39 is 11.3 Å². The maximum atomic E-state index is 12.3. The molecule has 0 spiro atoms. The molecule has 0 unspecified atom stereocenters. The number of hydrogen-bond acceptors (Lipinski definition) is 7. The Morgan fingerprint density at radius 2 is 1.75 bits per heavy atom. The van der Waals surface area contributed by atoms with Crippen LogP contribution in [0, 0.1) is 16.0 Å². The zero-order chi connectivity index (χ0) is 25.5. The molecule has 0 saturated carbocycles. The van der Waals surface area contributed by atoms with E-state index in [2.05, 4.69) is 20.3 Å². The zero-order valence-electron chi connectivity index (χ0n) is 19.7. The Kier molecular flexibility index (Phi) is 8.07. The molecule has 2 heterocycles. The van der Waals surface area contributed by atoms with Crippen molar-refractivity contribution in [1.29, 1.82) is 0 Å². The lowest BCUT2D eigenvalue weighted by Crippen LogP contribution is -2.36. The summed E-state index contributed by atoms with van der Waals surface area (Å²) in [5, 5.41) is 17.7. The molecule has 1 saturated heterocycles. The molecule has 0 radical (unpaired) electrons. The fraction of sp³-hybridized carbons (Fsp3) is 0.440. The fourth-order valence-electron chi connectivity index (χ4n) is 4.55. The van der Waals surface area contributed by atoms with E-state index in [-0.39, 0.29) is 30.0 Å². The number of alkyl halides is 3. The highest BCUT2D eigenvalue weighted by Crippen LogP contribution is 2.34. The lowest BCUT2D eigenvalue weighted by Gasteiger charge is -2.33. The third-order valence-corrected chi connectivity index (χ3v) is 6.44. The van der Waals surface area contributed by atoms with Crippen molar-refractivity contribution in [3.05, 3.63) is 70.5 Å². The minimum absolute atomic E-state index is 0.0489. The molecule has 11 heteroatoms. The molecule has 2 aromatic rings. The molecule has 2 N–H and O–H groups in total. The van der Waals surface area contributed by atoms with Crippen LogP contribution in [0.25, 0.3) is 0 Å². The predicted octanol–water partition coefficient (Wildman–Crippen LogP) is 5.10. The van der Waals surface area contributed by atoms with Crippen LogP contribution in [-0.2, 0) is 6.42 Å². The summed E-state index contributed by atoms with van der Waals surface area (Å²) in [6.45, 7) is 1.88. The summed E-state index contributed by atoms with van der Waals surface area (Å²) in [5.41, 5.74) is 1.74. The van der Waals surface area contributed by atoms with Gasteiger partial charge in [-0.1, -0.05) is 12.1 Å². The van der Waals surface area contributed by atoms with Crippen LogP contribution in [-0.4, -0.2) is 37.1 Å². The molecule has 4 rings (SSSR count). The molecule has 0 amide bonds. The first-order valence-corrected chi connectivity index (χ1v) is 11.9. The molecular weight excluding hydrogens is 477 g/mol. The molecule has 0 atom stereocenters. The lowest BCUT2D eigenvalue weighted by molar-refractivity contribution is -0.385. The summed E-state index contributed by atoms with van der Waals surface area (Å²) in [4.78, 5) is 13.4. The standard InChI is InChI=1S/C25H29F3N4O4/c26-25(27,28)36-21-7-4-18(5-8-21)2-1-3-19-10-14-31(15-11-19)20-6-9-23(22(16-20)32(33)34)35-17-24-29-12-13-30-24/h4-9,12-13,16,19,24,29-30H,1-3,10-11,14-15,17H2. The van der Waals surface area contributed by atoms with Crippen LogP contribution in [0.3, 0.4) is 0 Å². The Labute approximate surface area is 207 Å². The second-order valence-corrected chi connectivity index (χ2v) is 8.95. The van der Waals surface area contributed by atoms with Crippen molar-refractivity contribution in [2.75, 3.05) is 24.6 Å². The van der Waals surface area contributed by atoms with Gasteiger partial charge in [-0.25, -0.2) is 0 Å². The van der Waals surface area contributed by atoms with Gasteiger partial charge in [0.05, 0.1) is 4.92 Å². The Balaban J connectivity index is 1.23. The summed E-state index contributed by atoms with van der Waals surface area (Å²) in [5.74, 6) is 0.581. The van der Waals surface area contributed by atoms with Gasteiger partial charge < -0.3 is 25.0 Å². The predicted molar refractivity (Wildman–Crippen MR) is 129 cm³/mol. The lowest BCUT2D eigenvalue weighted by atomic mass is 9.90. The van der Waals surface area contributed by atoms with Gasteiger partial charge in [-0.05, 0) is 67.9 Å². The fourth-order valence-corrected chi connectivity index (χ4v) is 4.55. The van der Waals surface area contributed by atoms with E-state index in [9.17, 15) is 23.3 Å². The third-order valence-electron chi connectivity index (χ3n) is 6.44. The summed E-state index contributed by atoms with van der Waals surface area (Å²) < 4.78 is 46.4. The number of nitro groups is 1. The van der Waals surface area contributed by atoms with Crippen molar-refractivity contribution >= 4 is 11.4 Å². The van der Waals surface area contributed by atoms with Crippen LogP contribution >= 0.6 is 0 Å². The van der Waals surface area contributed by atoms with Crippen LogP contribution in [0.4, 0.5) is 24.5 Å². The smallest absolute Gasteiger partial charge is 0.483 e. The quantitative estimate of drug-likeness (QED) is 0.342. The van der Waals surface area contributed by atoms with Crippen molar-refractivity contribution < 1.29 is 27.6 Å². The summed E-state index contributed by atoms with van der Waals surface area (Å²) >= 11 is 0. The monoisotopic (exact) mass is 506 g/mol. The Morgan fingerprint density at radius 1 is 1.06 bits per heavy atom. The van der Waals surface area contributed by atoms with Gasteiger partial charge in [0.1, 0.15) is 18.5 Å². The van der Waals surface area contributed by atoms with Crippen molar-refractivity contribution in [3.63, 3.8) is 0 Å². The molecular formula is C25H29F3N4O4. The summed E-state index contributed by atoms with van der Waals surface area (Å²) in [7, 11) is 0. The highest BCUT2D eigenvalue weighted by atomic mass is 19.4. The van der Waals surface area contributed by atoms with Gasteiger partial charge in [0.2, 0.25) is 0 Å². The van der Waals surface area contributed by atoms with E-state index in [1.165, 1.54) is 12.1 Å². The number of hydrogen-bond donors (Lipinski definition) is 2. The van der Waals surface area contributed by atoms with Crippen molar-refractivity contribution in [2.24, 2.45) is 5.92 Å². The van der Waals surface area contributed by atoms with Crippen LogP contribution < -0.4 is 25.0 Å². The number of halogens is 3. The molecule has 36 heavy (non-hydrogen) atoms. The number of aryl methyl sites for hydroxylation is 1. The molecule has 0 aromatic heterocycles. The van der Waals surface area contributed by atoms with Crippen LogP contribution in [0.2, 0.25) is 0 Å². The molecule has 0 aliphatic carbocycles. The number of ether oxygens (including phenoxy) is 2. The molecule has 0 bridgehead atoms.